The molecule has 1 saturated heterocycles. The van der Waals surface area contributed by atoms with Gasteiger partial charge < -0.3 is 14.4 Å². The molecule has 144 valence electrons. The molecule has 0 aromatic heterocycles. The first-order valence-electron chi connectivity index (χ1n) is 8.42. The van der Waals surface area contributed by atoms with Crippen LogP contribution < -0.4 is 4.74 Å². The van der Waals surface area contributed by atoms with Crippen molar-refractivity contribution in [1.29, 1.82) is 0 Å². The SMILES string of the molecule is COCCOc1ccc(C(=O)N2CC(S(=O)(=O)c3ccc(F)cc3)C2)cc1. The normalized spacial score (nSPS) is 14.7. The Bertz CT molecular complexity index is 891. The molecule has 1 aliphatic rings. The van der Waals surface area contributed by atoms with E-state index >= 15 is 0 Å². The number of carbonyl (C=O) groups is 1. The number of nitrogens with zero attached hydrogens (tertiary/aromatic N) is 1. The van der Waals surface area contributed by atoms with Gasteiger partial charge in [0.05, 0.1) is 11.5 Å². The van der Waals surface area contributed by atoms with E-state index in [0.717, 1.165) is 12.1 Å². The summed E-state index contributed by atoms with van der Waals surface area (Å²) in [5, 5.41) is -0.677. The first-order chi connectivity index (χ1) is 12.9. The van der Waals surface area contributed by atoms with Crippen LogP contribution in [0.15, 0.2) is 53.4 Å². The first-order valence-corrected chi connectivity index (χ1v) is 9.97. The molecule has 0 N–H and O–H groups in total. The summed E-state index contributed by atoms with van der Waals surface area (Å²) in [6.07, 6.45) is 0. The van der Waals surface area contributed by atoms with Crippen LogP contribution in [-0.2, 0) is 14.6 Å². The second kappa shape index (κ2) is 8.06. The molecule has 0 aliphatic carbocycles. The van der Waals surface area contributed by atoms with E-state index in [-0.39, 0.29) is 23.9 Å². The number of sulfone groups is 1. The van der Waals surface area contributed by atoms with Crippen LogP contribution in [0.1, 0.15) is 10.4 Å². The zero-order chi connectivity index (χ0) is 19.4. The monoisotopic (exact) mass is 393 g/mol. The molecule has 0 radical (unpaired) electrons. The summed E-state index contributed by atoms with van der Waals surface area (Å²) in [4.78, 5) is 14.0. The lowest BCUT2D eigenvalue weighted by molar-refractivity contribution is 0.0659. The van der Waals surface area contributed by atoms with Gasteiger partial charge in [0.1, 0.15) is 23.4 Å². The number of hydrogen-bond donors (Lipinski definition) is 0. The van der Waals surface area contributed by atoms with E-state index in [2.05, 4.69) is 0 Å². The van der Waals surface area contributed by atoms with Gasteiger partial charge in [0.2, 0.25) is 0 Å². The molecule has 27 heavy (non-hydrogen) atoms. The molecule has 0 saturated carbocycles. The Kier molecular flexibility index (Phi) is 5.76. The van der Waals surface area contributed by atoms with Crippen LogP contribution in [0.2, 0.25) is 0 Å². The van der Waals surface area contributed by atoms with Gasteiger partial charge in [0.25, 0.3) is 5.91 Å². The number of rotatable bonds is 7. The van der Waals surface area contributed by atoms with E-state index in [0.29, 0.717) is 24.5 Å². The standard InChI is InChI=1S/C19H20FNO5S/c1-25-10-11-26-16-6-2-14(3-7-16)19(22)21-12-18(13-21)27(23,24)17-8-4-15(20)5-9-17/h2-9,18H,10-13H2,1H3. The quantitative estimate of drug-likeness (QED) is 0.532. The second-order valence-corrected chi connectivity index (χ2v) is 8.42. The fourth-order valence-corrected chi connectivity index (χ4v) is 4.39. The van der Waals surface area contributed by atoms with E-state index in [1.165, 1.54) is 17.0 Å². The Balaban J connectivity index is 1.58. The molecule has 8 heteroatoms. The van der Waals surface area contributed by atoms with Gasteiger partial charge in [0.15, 0.2) is 9.84 Å². The summed E-state index contributed by atoms with van der Waals surface area (Å²) in [7, 11) is -1.99. The summed E-state index contributed by atoms with van der Waals surface area (Å²) in [5.74, 6) is -0.0954. The van der Waals surface area contributed by atoms with Gasteiger partial charge in [0, 0.05) is 25.8 Å². The van der Waals surface area contributed by atoms with E-state index in [4.69, 9.17) is 9.47 Å². The highest BCUT2D eigenvalue weighted by atomic mass is 32.2. The lowest BCUT2D eigenvalue weighted by Crippen LogP contribution is -2.56. The van der Waals surface area contributed by atoms with E-state index < -0.39 is 20.9 Å². The molecular weight excluding hydrogens is 373 g/mol. The number of hydrogen-bond acceptors (Lipinski definition) is 5. The Morgan fingerprint density at radius 2 is 1.70 bits per heavy atom. The van der Waals surface area contributed by atoms with Crippen molar-refractivity contribution in [3.05, 3.63) is 59.9 Å². The maximum absolute atomic E-state index is 13.0. The zero-order valence-corrected chi connectivity index (χ0v) is 15.6. The Morgan fingerprint density at radius 3 is 2.30 bits per heavy atom. The van der Waals surface area contributed by atoms with Crippen LogP contribution in [-0.4, -0.2) is 57.9 Å². The van der Waals surface area contributed by atoms with E-state index in [1.54, 1.807) is 31.4 Å². The lowest BCUT2D eigenvalue weighted by atomic mass is 10.1. The fourth-order valence-electron chi connectivity index (χ4n) is 2.74. The summed E-state index contributed by atoms with van der Waals surface area (Å²) in [6, 6.07) is 11.4. The number of ether oxygens (including phenoxy) is 2. The lowest BCUT2D eigenvalue weighted by Gasteiger charge is -2.38. The van der Waals surface area contributed by atoms with Crippen molar-refractivity contribution in [2.75, 3.05) is 33.4 Å². The highest BCUT2D eigenvalue weighted by molar-refractivity contribution is 7.92. The molecule has 1 fully saturated rings. The molecule has 1 amide bonds. The highest BCUT2D eigenvalue weighted by Crippen LogP contribution is 2.25. The van der Waals surface area contributed by atoms with Crippen molar-refractivity contribution < 1.29 is 27.1 Å². The minimum Gasteiger partial charge on any atom is -0.491 e. The third-order valence-corrected chi connectivity index (χ3v) is 6.48. The Hall–Kier alpha value is -2.45. The number of likely N-dealkylation sites (tertiary alicyclic amines) is 1. The van der Waals surface area contributed by atoms with Crippen LogP contribution >= 0.6 is 0 Å². The Labute approximate surface area is 157 Å². The predicted molar refractivity (Wildman–Crippen MR) is 97.1 cm³/mol. The van der Waals surface area contributed by atoms with Crippen LogP contribution in [0.5, 0.6) is 5.75 Å². The summed E-state index contributed by atoms with van der Waals surface area (Å²) >= 11 is 0. The van der Waals surface area contributed by atoms with Crippen molar-refractivity contribution in [3.63, 3.8) is 0 Å². The highest BCUT2D eigenvalue weighted by Gasteiger charge is 2.40. The maximum atomic E-state index is 13.0. The molecule has 0 atom stereocenters. The molecule has 0 spiro atoms. The third-order valence-electron chi connectivity index (χ3n) is 4.37. The van der Waals surface area contributed by atoms with Gasteiger partial charge in [-0.15, -0.1) is 0 Å². The molecule has 0 bridgehead atoms. The molecule has 6 nitrogen and oxygen atoms in total. The molecule has 0 unspecified atom stereocenters. The second-order valence-electron chi connectivity index (χ2n) is 6.20. The number of carbonyl (C=O) groups excluding carboxylic acids is 1. The molecule has 1 aliphatic heterocycles. The fraction of sp³-hybridized carbons (Fsp3) is 0.316. The first kappa shape index (κ1) is 19.3. The molecule has 3 rings (SSSR count). The smallest absolute Gasteiger partial charge is 0.253 e. The minimum atomic E-state index is -3.58. The van der Waals surface area contributed by atoms with Gasteiger partial charge in [-0.3, -0.25) is 4.79 Å². The van der Waals surface area contributed by atoms with Gasteiger partial charge in [-0.25, -0.2) is 12.8 Å². The van der Waals surface area contributed by atoms with Gasteiger partial charge in [-0.1, -0.05) is 0 Å². The van der Waals surface area contributed by atoms with Crippen molar-refractivity contribution in [3.8, 4) is 5.75 Å². The van der Waals surface area contributed by atoms with E-state index in [1.807, 2.05) is 0 Å². The number of amides is 1. The van der Waals surface area contributed by atoms with Gasteiger partial charge in [-0.2, -0.15) is 0 Å². The summed E-state index contributed by atoms with van der Waals surface area (Å²) in [6.45, 7) is 1.12. The number of methoxy groups -OCH3 is 1. The van der Waals surface area contributed by atoms with E-state index in [9.17, 15) is 17.6 Å². The van der Waals surface area contributed by atoms with Crippen LogP contribution in [0.25, 0.3) is 0 Å². The molecule has 1 heterocycles. The predicted octanol–water partition coefficient (Wildman–Crippen LogP) is 2.15. The molecular formula is C19H20FNO5S. The van der Waals surface area contributed by atoms with Crippen molar-refractivity contribution in [1.82, 2.24) is 4.90 Å². The van der Waals surface area contributed by atoms with Crippen LogP contribution in [0.3, 0.4) is 0 Å². The minimum absolute atomic E-state index is 0.0681. The van der Waals surface area contributed by atoms with Crippen molar-refractivity contribution >= 4 is 15.7 Å². The summed E-state index contributed by atoms with van der Waals surface area (Å²) in [5.41, 5.74) is 0.465. The number of halogens is 1. The molecule has 2 aromatic rings. The van der Waals surface area contributed by atoms with Crippen molar-refractivity contribution in [2.45, 2.75) is 10.1 Å². The van der Waals surface area contributed by atoms with Gasteiger partial charge >= 0.3 is 0 Å². The zero-order valence-electron chi connectivity index (χ0n) is 14.8. The third kappa shape index (κ3) is 4.28. The van der Waals surface area contributed by atoms with Crippen LogP contribution in [0, 0.1) is 5.82 Å². The largest absolute Gasteiger partial charge is 0.491 e. The average Bonchev–Trinajstić information content (AvgIpc) is 2.61. The Morgan fingerprint density at radius 1 is 1.07 bits per heavy atom. The number of benzene rings is 2. The topological polar surface area (TPSA) is 72.9 Å². The van der Waals surface area contributed by atoms with Gasteiger partial charge in [-0.05, 0) is 48.5 Å². The van der Waals surface area contributed by atoms with Crippen LogP contribution in [0.4, 0.5) is 4.39 Å². The molecule has 2 aromatic carbocycles. The maximum Gasteiger partial charge on any atom is 0.253 e. The summed E-state index contributed by atoms with van der Waals surface area (Å²) < 4.78 is 48.4. The average molecular weight is 393 g/mol. The van der Waals surface area contributed by atoms with Crippen molar-refractivity contribution in [2.24, 2.45) is 0 Å².